The smallest absolute Gasteiger partial charge is 0.220 e. The Morgan fingerprint density at radius 1 is 1.64 bits per heavy atom. The number of thioether (sulfide) groups is 1. The minimum Gasteiger partial charge on any atom is -0.352 e. The fourth-order valence-electron chi connectivity index (χ4n) is 1.65. The molecule has 4 heteroatoms. The molecule has 2 N–H and O–H groups in total. The van der Waals surface area contributed by atoms with Crippen molar-refractivity contribution in [3.63, 3.8) is 0 Å². The first-order valence-electron chi connectivity index (χ1n) is 5.32. The van der Waals surface area contributed by atoms with E-state index in [0.29, 0.717) is 12.5 Å². The molecule has 0 aromatic carbocycles. The van der Waals surface area contributed by atoms with Gasteiger partial charge in [0, 0.05) is 19.0 Å². The topological polar surface area (TPSA) is 41.1 Å². The molecule has 0 aromatic rings. The summed E-state index contributed by atoms with van der Waals surface area (Å²) in [5.41, 5.74) is 0. The zero-order valence-corrected chi connectivity index (χ0v) is 9.66. The van der Waals surface area contributed by atoms with Crippen LogP contribution in [0.2, 0.25) is 0 Å². The van der Waals surface area contributed by atoms with Gasteiger partial charge in [-0.3, -0.25) is 4.79 Å². The van der Waals surface area contributed by atoms with Crippen molar-refractivity contribution in [1.82, 2.24) is 10.6 Å². The van der Waals surface area contributed by atoms with Gasteiger partial charge in [-0.1, -0.05) is 0 Å². The SMILES string of the molecule is CSCCCC(=O)NC1CCCNC1. The number of piperidine rings is 1. The van der Waals surface area contributed by atoms with E-state index >= 15 is 0 Å². The van der Waals surface area contributed by atoms with Crippen LogP contribution in [-0.4, -0.2) is 37.0 Å². The fraction of sp³-hybridized carbons (Fsp3) is 0.900. The molecule has 3 nitrogen and oxygen atoms in total. The monoisotopic (exact) mass is 216 g/mol. The van der Waals surface area contributed by atoms with Gasteiger partial charge in [0.1, 0.15) is 0 Å². The molecule has 1 unspecified atom stereocenters. The fourth-order valence-corrected chi connectivity index (χ4v) is 2.08. The number of amides is 1. The lowest BCUT2D eigenvalue weighted by molar-refractivity contribution is -0.121. The standard InChI is InChI=1S/C10H20N2OS/c1-14-7-3-5-10(13)12-9-4-2-6-11-8-9/h9,11H,2-8H2,1H3,(H,12,13). The molecule has 0 aliphatic carbocycles. The number of carbonyl (C=O) groups excluding carboxylic acids is 1. The summed E-state index contributed by atoms with van der Waals surface area (Å²) in [4.78, 5) is 11.4. The van der Waals surface area contributed by atoms with E-state index in [1.807, 2.05) is 0 Å². The van der Waals surface area contributed by atoms with Crippen molar-refractivity contribution < 1.29 is 4.79 Å². The van der Waals surface area contributed by atoms with Gasteiger partial charge in [-0.15, -0.1) is 0 Å². The number of hydrogen-bond acceptors (Lipinski definition) is 3. The Balaban J connectivity index is 2.06. The van der Waals surface area contributed by atoms with Crippen LogP contribution >= 0.6 is 11.8 Å². The normalized spacial score (nSPS) is 21.9. The van der Waals surface area contributed by atoms with Crippen molar-refractivity contribution in [3.05, 3.63) is 0 Å². The third-order valence-electron chi connectivity index (χ3n) is 2.41. The van der Waals surface area contributed by atoms with Gasteiger partial charge in [-0.2, -0.15) is 11.8 Å². The zero-order chi connectivity index (χ0) is 10.2. The summed E-state index contributed by atoms with van der Waals surface area (Å²) >= 11 is 1.80. The highest BCUT2D eigenvalue weighted by atomic mass is 32.2. The zero-order valence-electron chi connectivity index (χ0n) is 8.84. The number of rotatable bonds is 5. The molecule has 0 radical (unpaired) electrons. The molecule has 1 heterocycles. The van der Waals surface area contributed by atoms with Gasteiger partial charge >= 0.3 is 0 Å². The van der Waals surface area contributed by atoms with Crippen LogP contribution in [0.5, 0.6) is 0 Å². The second-order valence-electron chi connectivity index (χ2n) is 3.71. The summed E-state index contributed by atoms with van der Waals surface area (Å²) in [6, 6.07) is 0.366. The first-order valence-corrected chi connectivity index (χ1v) is 6.71. The average Bonchev–Trinajstić information content (AvgIpc) is 2.20. The Kier molecular flexibility index (Phi) is 6.03. The van der Waals surface area contributed by atoms with E-state index in [9.17, 15) is 4.79 Å². The Morgan fingerprint density at radius 2 is 2.50 bits per heavy atom. The molecule has 0 saturated carbocycles. The van der Waals surface area contributed by atoms with Gasteiger partial charge in [0.05, 0.1) is 0 Å². The van der Waals surface area contributed by atoms with E-state index in [0.717, 1.165) is 31.7 Å². The van der Waals surface area contributed by atoms with Crippen molar-refractivity contribution in [2.75, 3.05) is 25.1 Å². The molecular formula is C10H20N2OS. The van der Waals surface area contributed by atoms with Crippen molar-refractivity contribution in [1.29, 1.82) is 0 Å². The van der Waals surface area contributed by atoms with Crippen molar-refractivity contribution in [3.8, 4) is 0 Å². The second kappa shape index (κ2) is 7.12. The van der Waals surface area contributed by atoms with Gasteiger partial charge in [0.25, 0.3) is 0 Å². The van der Waals surface area contributed by atoms with Crippen LogP contribution in [0.3, 0.4) is 0 Å². The van der Waals surface area contributed by atoms with E-state index in [-0.39, 0.29) is 5.91 Å². The van der Waals surface area contributed by atoms with E-state index in [4.69, 9.17) is 0 Å². The van der Waals surface area contributed by atoms with Crippen LogP contribution < -0.4 is 10.6 Å². The predicted octanol–water partition coefficient (Wildman–Crippen LogP) is 0.998. The summed E-state index contributed by atoms with van der Waals surface area (Å²) < 4.78 is 0. The molecule has 1 saturated heterocycles. The van der Waals surface area contributed by atoms with Crippen LogP contribution in [0.25, 0.3) is 0 Å². The summed E-state index contributed by atoms with van der Waals surface area (Å²) in [5.74, 6) is 1.30. The summed E-state index contributed by atoms with van der Waals surface area (Å²) in [7, 11) is 0. The molecule has 1 fully saturated rings. The Bertz CT molecular complexity index is 170. The lowest BCUT2D eigenvalue weighted by atomic mass is 10.1. The van der Waals surface area contributed by atoms with Crippen molar-refractivity contribution in [2.24, 2.45) is 0 Å². The van der Waals surface area contributed by atoms with Crippen molar-refractivity contribution >= 4 is 17.7 Å². The Hall–Kier alpha value is -0.220. The predicted molar refractivity (Wildman–Crippen MR) is 61.7 cm³/mol. The third kappa shape index (κ3) is 4.86. The van der Waals surface area contributed by atoms with E-state index < -0.39 is 0 Å². The first kappa shape index (κ1) is 11.9. The number of carbonyl (C=O) groups is 1. The van der Waals surface area contributed by atoms with Gasteiger partial charge < -0.3 is 10.6 Å². The second-order valence-corrected chi connectivity index (χ2v) is 4.69. The highest BCUT2D eigenvalue weighted by Gasteiger charge is 2.14. The molecule has 1 rings (SSSR count). The van der Waals surface area contributed by atoms with E-state index in [1.165, 1.54) is 6.42 Å². The molecule has 14 heavy (non-hydrogen) atoms. The van der Waals surface area contributed by atoms with Crippen LogP contribution in [0, 0.1) is 0 Å². The molecule has 82 valence electrons. The quantitative estimate of drug-likeness (QED) is 0.674. The maximum absolute atomic E-state index is 11.4. The molecule has 1 aliphatic rings. The van der Waals surface area contributed by atoms with Gasteiger partial charge in [-0.25, -0.2) is 0 Å². The lowest BCUT2D eigenvalue weighted by Gasteiger charge is -2.23. The first-order chi connectivity index (χ1) is 6.83. The lowest BCUT2D eigenvalue weighted by Crippen LogP contribution is -2.45. The van der Waals surface area contributed by atoms with Crippen molar-refractivity contribution in [2.45, 2.75) is 31.7 Å². The molecule has 1 amide bonds. The maximum atomic E-state index is 11.4. The highest BCUT2D eigenvalue weighted by Crippen LogP contribution is 2.03. The molecule has 0 aromatic heterocycles. The van der Waals surface area contributed by atoms with Crippen LogP contribution in [0.4, 0.5) is 0 Å². The summed E-state index contributed by atoms with van der Waals surface area (Å²) in [5, 5.41) is 6.36. The van der Waals surface area contributed by atoms with Gasteiger partial charge in [0.15, 0.2) is 0 Å². The van der Waals surface area contributed by atoms with E-state index in [1.54, 1.807) is 11.8 Å². The van der Waals surface area contributed by atoms with Crippen LogP contribution in [0.15, 0.2) is 0 Å². The molecule has 1 aliphatic heterocycles. The number of hydrogen-bond donors (Lipinski definition) is 2. The largest absolute Gasteiger partial charge is 0.352 e. The maximum Gasteiger partial charge on any atom is 0.220 e. The molecular weight excluding hydrogens is 196 g/mol. The summed E-state index contributed by atoms with van der Waals surface area (Å²) in [6.45, 7) is 2.03. The Morgan fingerprint density at radius 3 is 3.14 bits per heavy atom. The van der Waals surface area contributed by atoms with E-state index in [2.05, 4.69) is 16.9 Å². The minimum absolute atomic E-state index is 0.216. The van der Waals surface area contributed by atoms with Gasteiger partial charge in [-0.05, 0) is 37.8 Å². The molecule has 0 bridgehead atoms. The Labute approximate surface area is 90.4 Å². The average molecular weight is 216 g/mol. The molecule has 1 atom stereocenters. The minimum atomic E-state index is 0.216. The molecule has 0 spiro atoms. The van der Waals surface area contributed by atoms with Gasteiger partial charge in [0.2, 0.25) is 5.91 Å². The van der Waals surface area contributed by atoms with Crippen LogP contribution in [0.1, 0.15) is 25.7 Å². The number of nitrogens with one attached hydrogen (secondary N) is 2. The summed E-state index contributed by atoms with van der Waals surface area (Å²) in [6.07, 6.45) is 6.05. The highest BCUT2D eigenvalue weighted by molar-refractivity contribution is 7.98. The third-order valence-corrected chi connectivity index (χ3v) is 3.11. The van der Waals surface area contributed by atoms with Crippen LogP contribution in [-0.2, 0) is 4.79 Å².